The van der Waals surface area contributed by atoms with Crippen LogP contribution in [0, 0.1) is 5.92 Å². The number of hydrogen-bond donors (Lipinski definition) is 1. The largest absolute Gasteiger partial charge is 0.308 e. The highest BCUT2D eigenvalue weighted by atomic mass is 32.1. The van der Waals surface area contributed by atoms with Gasteiger partial charge in [0.05, 0.1) is 10.2 Å². The number of fused-ring (bicyclic) bond motifs is 1. The highest BCUT2D eigenvalue weighted by Gasteiger charge is 2.18. The predicted molar refractivity (Wildman–Crippen MR) is 91.7 cm³/mol. The van der Waals surface area contributed by atoms with Gasteiger partial charge in [-0.1, -0.05) is 44.7 Å². The predicted octanol–water partition coefficient (Wildman–Crippen LogP) is 5.13. The second-order valence-corrected chi connectivity index (χ2v) is 7.43. The van der Waals surface area contributed by atoms with E-state index in [2.05, 4.69) is 36.5 Å². The van der Waals surface area contributed by atoms with Gasteiger partial charge in [0.1, 0.15) is 5.01 Å². The Bertz CT molecular complexity index is 530. The molecule has 2 unspecified atom stereocenters. The Morgan fingerprint density at radius 2 is 2.10 bits per heavy atom. The average molecular weight is 302 g/mol. The minimum absolute atomic E-state index is 0.693. The summed E-state index contributed by atoms with van der Waals surface area (Å²) < 4.78 is 1.30. The second-order valence-electron chi connectivity index (χ2n) is 6.32. The molecule has 1 heterocycles. The van der Waals surface area contributed by atoms with Crippen molar-refractivity contribution in [2.45, 2.75) is 64.5 Å². The molecule has 1 aliphatic carbocycles. The fraction of sp³-hybridized carbons (Fsp3) is 0.611. The monoisotopic (exact) mass is 302 g/mol. The van der Waals surface area contributed by atoms with E-state index in [1.165, 1.54) is 54.7 Å². The molecule has 1 fully saturated rings. The van der Waals surface area contributed by atoms with Crippen molar-refractivity contribution in [3.05, 3.63) is 29.3 Å². The Labute approximate surface area is 132 Å². The number of hydrogen-bond acceptors (Lipinski definition) is 3. The summed E-state index contributed by atoms with van der Waals surface area (Å²) in [6, 6.07) is 9.13. The van der Waals surface area contributed by atoms with Gasteiger partial charge in [0.2, 0.25) is 0 Å². The number of rotatable bonds is 5. The lowest BCUT2D eigenvalue weighted by Gasteiger charge is -2.16. The molecule has 1 aromatic heterocycles. The van der Waals surface area contributed by atoms with Crippen LogP contribution in [0.2, 0.25) is 0 Å². The third kappa shape index (κ3) is 4.04. The van der Waals surface area contributed by atoms with Crippen LogP contribution in [0.5, 0.6) is 0 Å². The van der Waals surface area contributed by atoms with E-state index in [4.69, 9.17) is 4.98 Å². The Morgan fingerprint density at radius 3 is 2.95 bits per heavy atom. The molecule has 3 rings (SSSR count). The maximum absolute atomic E-state index is 4.72. The first-order valence-electron chi connectivity index (χ1n) is 8.43. The van der Waals surface area contributed by atoms with Gasteiger partial charge in [-0.2, -0.15) is 0 Å². The van der Waals surface area contributed by atoms with Crippen molar-refractivity contribution in [1.82, 2.24) is 10.3 Å². The summed E-state index contributed by atoms with van der Waals surface area (Å²) >= 11 is 1.83. The molecule has 2 atom stereocenters. The summed E-state index contributed by atoms with van der Waals surface area (Å²) in [5.41, 5.74) is 1.14. The zero-order chi connectivity index (χ0) is 14.5. The molecule has 0 aliphatic heterocycles. The fourth-order valence-corrected chi connectivity index (χ4v) is 4.42. The molecule has 1 aromatic carbocycles. The highest BCUT2D eigenvalue weighted by Crippen LogP contribution is 2.27. The summed E-state index contributed by atoms with van der Waals surface area (Å²) in [6.07, 6.45) is 9.68. The Kier molecular flexibility index (Phi) is 5.26. The van der Waals surface area contributed by atoms with E-state index in [-0.39, 0.29) is 0 Å². The van der Waals surface area contributed by atoms with Crippen molar-refractivity contribution >= 4 is 21.6 Å². The van der Waals surface area contributed by atoms with E-state index in [0.29, 0.717) is 6.04 Å². The van der Waals surface area contributed by atoms with Gasteiger partial charge in [0.25, 0.3) is 0 Å². The maximum atomic E-state index is 4.72. The Balaban J connectivity index is 1.52. The molecular formula is C18H26N2S. The molecule has 2 aromatic rings. The fourth-order valence-electron chi connectivity index (χ4n) is 3.51. The van der Waals surface area contributed by atoms with Crippen molar-refractivity contribution in [3.8, 4) is 0 Å². The molecule has 0 radical (unpaired) electrons. The van der Waals surface area contributed by atoms with Crippen molar-refractivity contribution < 1.29 is 0 Å². The van der Waals surface area contributed by atoms with E-state index < -0.39 is 0 Å². The number of nitrogens with one attached hydrogen (secondary N) is 1. The first-order valence-corrected chi connectivity index (χ1v) is 9.24. The lowest BCUT2D eigenvalue weighted by atomic mass is 9.95. The molecule has 0 saturated heterocycles. The number of thiazole rings is 1. The van der Waals surface area contributed by atoms with E-state index >= 15 is 0 Å². The first kappa shape index (κ1) is 15.0. The lowest BCUT2D eigenvalue weighted by molar-refractivity contribution is 0.409. The molecule has 2 nitrogen and oxygen atoms in total. The van der Waals surface area contributed by atoms with Crippen molar-refractivity contribution in [2.24, 2.45) is 5.92 Å². The topological polar surface area (TPSA) is 24.9 Å². The molecule has 1 aliphatic rings. The van der Waals surface area contributed by atoms with Gasteiger partial charge in [0.15, 0.2) is 0 Å². The lowest BCUT2D eigenvalue weighted by Crippen LogP contribution is -2.27. The van der Waals surface area contributed by atoms with Crippen LogP contribution in [0.1, 0.15) is 56.9 Å². The van der Waals surface area contributed by atoms with Crippen LogP contribution in [0.3, 0.4) is 0 Å². The van der Waals surface area contributed by atoms with Crippen LogP contribution in [0.25, 0.3) is 10.2 Å². The standard InChI is InChI=1S/C18H26N2S/c1-2-6-14-7-5-8-15(12-11-14)19-13-18-20-16-9-3-4-10-17(16)21-18/h3-4,9-10,14-15,19H,2,5-8,11-13H2,1H3. The van der Waals surface area contributed by atoms with Crippen LogP contribution in [-0.4, -0.2) is 11.0 Å². The molecule has 0 spiro atoms. The second kappa shape index (κ2) is 7.37. The van der Waals surface area contributed by atoms with E-state index in [1.807, 2.05) is 11.3 Å². The van der Waals surface area contributed by atoms with Crippen LogP contribution >= 0.6 is 11.3 Å². The zero-order valence-electron chi connectivity index (χ0n) is 13.0. The Morgan fingerprint density at radius 1 is 1.19 bits per heavy atom. The summed E-state index contributed by atoms with van der Waals surface area (Å²) in [7, 11) is 0. The van der Waals surface area contributed by atoms with Crippen molar-refractivity contribution in [2.75, 3.05) is 0 Å². The van der Waals surface area contributed by atoms with Crippen LogP contribution in [0.15, 0.2) is 24.3 Å². The minimum Gasteiger partial charge on any atom is -0.308 e. The molecule has 0 amide bonds. The number of benzene rings is 1. The third-order valence-corrected chi connectivity index (χ3v) is 5.70. The van der Waals surface area contributed by atoms with E-state index in [9.17, 15) is 0 Å². The Hall–Kier alpha value is -0.930. The van der Waals surface area contributed by atoms with Crippen LogP contribution < -0.4 is 5.32 Å². The molecule has 21 heavy (non-hydrogen) atoms. The number of aromatic nitrogens is 1. The van der Waals surface area contributed by atoms with Crippen LogP contribution in [0.4, 0.5) is 0 Å². The molecule has 3 heteroatoms. The van der Waals surface area contributed by atoms with Gasteiger partial charge >= 0.3 is 0 Å². The molecule has 0 bridgehead atoms. The maximum Gasteiger partial charge on any atom is 0.108 e. The van der Waals surface area contributed by atoms with Gasteiger partial charge < -0.3 is 5.32 Å². The van der Waals surface area contributed by atoms with Crippen LogP contribution in [-0.2, 0) is 6.54 Å². The van der Waals surface area contributed by atoms with Gasteiger partial charge in [-0.05, 0) is 37.3 Å². The van der Waals surface area contributed by atoms with Gasteiger partial charge in [0, 0.05) is 12.6 Å². The molecule has 1 saturated carbocycles. The van der Waals surface area contributed by atoms with Gasteiger partial charge in [-0.25, -0.2) is 4.98 Å². The summed E-state index contributed by atoms with van der Waals surface area (Å²) in [5.74, 6) is 0.976. The minimum atomic E-state index is 0.693. The summed E-state index contributed by atoms with van der Waals surface area (Å²) in [5, 5.41) is 4.98. The first-order chi connectivity index (χ1) is 10.3. The molecule has 114 valence electrons. The zero-order valence-corrected chi connectivity index (χ0v) is 13.8. The smallest absolute Gasteiger partial charge is 0.108 e. The highest BCUT2D eigenvalue weighted by molar-refractivity contribution is 7.18. The average Bonchev–Trinajstić information content (AvgIpc) is 2.79. The van der Waals surface area contributed by atoms with Crippen molar-refractivity contribution in [1.29, 1.82) is 0 Å². The third-order valence-electron chi connectivity index (χ3n) is 4.67. The quantitative estimate of drug-likeness (QED) is 0.774. The number of para-hydroxylation sites is 1. The molecular weight excluding hydrogens is 276 g/mol. The van der Waals surface area contributed by atoms with Gasteiger partial charge in [-0.3, -0.25) is 0 Å². The number of nitrogens with zero attached hydrogens (tertiary/aromatic N) is 1. The normalized spacial score (nSPS) is 23.3. The van der Waals surface area contributed by atoms with E-state index in [1.54, 1.807) is 0 Å². The summed E-state index contributed by atoms with van der Waals surface area (Å²) in [4.78, 5) is 4.72. The van der Waals surface area contributed by atoms with Gasteiger partial charge in [-0.15, -0.1) is 11.3 Å². The summed E-state index contributed by atoms with van der Waals surface area (Å²) in [6.45, 7) is 3.25. The van der Waals surface area contributed by atoms with Crippen molar-refractivity contribution in [3.63, 3.8) is 0 Å². The molecule has 1 N–H and O–H groups in total. The SMILES string of the molecule is CCCC1CCCC(NCc2nc3ccccc3s2)CC1. The van der Waals surface area contributed by atoms with E-state index in [0.717, 1.165) is 18.0 Å².